The summed E-state index contributed by atoms with van der Waals surface area (Å²) in [6.45, 7) is 0. The van der Waals surface area contributed by atoms with E-state index in [2.05, 4.69) is 15.9 Å². The lowest BCUT2D eigenvalue weighted by atomic mass is 9.95. The largest absolute Gasteiger partial charge is 0.507 e. The molecule has 1 heterocycles. The van der Waals surface area contributed by atoms with E-state index in [0.29, 0.717) is 27.0 Å². The number of hydrogen-bond donors (Lipinski definition) is 1. The number of halogens is 2. The van der Waals surface area contributed by atoms with Gasteiger partial charge < -0.3 is 9.84 Å². The van der Waals surface area contributed by atoms with Gasteiger partial charge in [-0.15, -0.1) is 0 Å². The van der Waals surface area contributed by atoms with Crippen molar-refractivity contribution in [3.05, 3.63) is 99.8 Å². The summed E-state index contributed by atoms with van der Waals surface area (Å²) in [7, 11) is 1.51. The summed E-state index contributed by atoms with van der Waals surface area (Å²) in [5.74, 6) is -1.80. The van der Waals surface area contributed by atoms with Crippen molar-refractivity contribution in [1.29, 1.82) is 0 Å². The van der Waals surface area contributed by atoms with Gasteiger partial charge in [-0.2, -0.15) is 0 Å². The maximum absolute atomic E-state index is 13.6. The Kier molecular flexibility index (Phi) is 5.61. The fraction of sp³-hybridized carbons (Fsp3) is 0.0833. The second-order valence-electron chi connectivity index (χ2n) is 6.91. The van der Waals surface area contributed by atoms with Crippen molar-refractivity contribution >= 4 is 39.1 Å². The molecule has 1 N–H and O–H groups in total. The van der Waals surface area contributed by atoms with Crippen LogP contribution >= 0.6 is 15.9 Å². The van der Waals surface area contributed by atoms with E-state index in [1.807, 2.05) is 0 Å². The molecule has 0 aliphatic carbocycles. The van der Waals surface area contributed by atoms with Gasteiger partial charge in [0, 0.05) is 11.3 Å². The predicted molar refractivity (Wildman–Crippen MR) is 118 cm³/mol. The number of amides is 1. The van der Waals surface area contributed by atoms with Gasteiger partial charge in [0.25, 0.3) is 11.7 Å². The molecule has 1 saturated heterocycles. The summed E-state index contributed by atoms with van der Waals surface area (Å²) in [6, 6.07) is 18.1. The van der Waals surface area contributed by atoms with Crippen LogP contribution in [-0.4, -0.2) is 23.9 Å². The number of anilines is 1. The SMILES string of the molecule is COc1ccc(/C(O)=C2/C(=O)C(=O)N(c3ccccc3)C2c2ccc(F)cc2)cc1Br. The monoisotopic (exact) mass is 481 g/mol. The number of Topliss-reactive ketones (excluding diaryl/α,β-unsaturated/α-hetero) is 1. The Bertz CT molecular complexity index is 1190. The Morgan fingerprint density at radius 1 is 1.03 bits per heavy atom. The molecule has 1 aliphatic rings. The number of benzene rings is 3. The van der Waals surface area contributed by atoms with E-state index in [1.165, 1.54) is 36.3 Å². The third kappa shape index (κ3) is 3.72. The van der Waals surface area contributed by atoms with Gasteiger partial charge in [-0.05, 0) is 64.0 Å². The van der Waals surface area contributed by atoms with E-state index >= 15 is 0 Å². The number of hydrogen-bond acceptors (Lipinski definition) is 4. The summed E-state index contributed by atoms with van der Waals surface area (Å²) in [5, 5.41) is 11.1. The lowest BCUT2D eigenvalue weighted by Crippen LogP contribution is -2.29. The number of carbonyl (C=O) groups excluding carboxylic acids is 2. The molecule has 3 aromatic rings. The maximum Gasteiger partial charge on any atom is 0.300 e. The van der Waals surface area contributed by atoms with Gasteiger partial charge in [0.1, 0.15) is 17.3 Å². The molecule has 0 bridgehead atoms. The first kappa shape index (κ1) is 20.8. The van der Waals surface area contributed by atoms with Crippen molar-refractivity contribution in [3.63, 3.8) is 0 Å². The van der Waals surface area contributed by atoms with Crippen LogP contribution in [0.3, 0.4) is 0 Å². The molecule has 1 aliphatic heterocycles. The fourth-order valence-corrected chi connectivity index (χ4v) is 4.16. The molecule has 7 heteroatoms. The Morgan fingerprint density at radius 2 is 1.71 bits per heavy atom. The lowest BCUT2D eigenvalue weighted by Gasteiger charge is -2.25. The van der Waals surface area contributed by atoms with Crippen LogP contribution in [0.4, 0.5) is 10.1 Å². The molecule has 0 aromatic heterocycles. The zero-order valence-corrected chi connectivity index (χ0v) is 18.0. The lowest BCUT2D eigenvalue weighted by molar-refractivity contribution is -0.132. The highest BCUT2D eigenvalue weighted by Gasteiger charge is 2.46. The molecule has 156 valence electrons. The minimum absolute atomic E-state index is 0.0717. The summed E-state index contributed by atoms with van der Waals surface area (Å²) in [6.07, 6.45) is 0. The van der Waals surface area contributed by atoms with Gasteiger partial charge >= 0.3 is 0 Å². The average molecular weight is 482 g/mol. The minimum Gasteiger partial charge on any atom is -0.507 e. The molecule has 0 saturated carbocycles. The molecule has 0 radical (unpaired) electrons. The van der Waals surface area contributed by atoms with Crippen molar-refractivity contribution in [2.45, 2.75) is 6.04 Å². The van der Waals surface area contributed by atoms with Gasteiger partial charge in [0.05, 0.1) is 23.2 Å². The fourth-order valence-electron chi connectivity index (χ4n) is 3.62. The van der Waals surface area contributed by atoms with Gasteiger partial charge in [-0.25, -0.2) is 4.39 Å². The standard InChI is InChI=1S/C24H17BrFNO4/c1-31-19-12-9-15(13-18(19)25)22(28)20-21(14-7-10-16(26)11-8-14)27(24(30)23(20)29)17-5-3-2-4-6-17/h2-13,21,28H,1H3/b22-20-. The smallest absolute Gasteiger partial charge is 0.300 e. The number of carbonyl (C=O) groups is 2. The van der Waals surface area contributed by atoms with Crippen LogP contribution in [0.1, 0.15) is 17.2 Å². The van der Waals surface area contributed by atoms with Crippen LogP contribution in [0.5, 0.6) is 5.75 Å². The van der Waals surface area contributed by atoms with E-state index in [1.54, 1.807) is 48.5 Å². The zero-order chi connectivity index (χ0) is 22.1. The summed E-state index contributed by atoms with van der Waals surface area (Å²) >= 11 is 3.37. The highest BCUT2D eigenvalue weighted by Crippen LogP contribution is 2.42. The molecule has 1 amide bonds. The quantitative estimate of drug-likeness (QED) is 0.315. The van der Waals surface area contributed by atoms with E-state index in [0.717, 1.165) is 0 Å². The molecular formula is C24H17BrFNO4. The number of para-hydroxylation sites is 1. The topological polar surface area (TPSA) is 66.8 Å². The second kappa shape index (κ2) is 8.35. The molecule has 5 nitrogen and oxygen atoms in total. The third-order valence-electron chi connectivity index (χ3n) is 5.09. The maximum atomic E-state index is 13.6. The van der Waals surface area contributed by atoms with E-state index in [9.17, 15) is 19.1 Å². The normalized spacial score (nSPS) is 17.8. The van der Waals surface area contributed by atoms with Gasteiger partial charge in [0.2, 0.25) is 0 Å². The minimum atomic E-state index is -0.913. The number of aliphatic hydroxyl groups is 1. The Hall–Kier alpha value is -3.45. The highest BCUT2D eigenvalue weighted by molar-refractivity contribution is 9.10. The van der Waals surface area contributed by atoms with Crippen molar-refractivity contribution in [2.75, 3.05) is 12.0 Å². The first-order valence-electron chi connectivity index (χ1n) is 9.38. The van der Waals surface area contributed by atoms with Crippen molar-refractivity contribution in [1.82, 2.24) is 0 Å². The van der Waals surface area contributed by atoms with E-state index in [-0.39, 0.29) is 11.3 Å². The Morgan fingerprint density at radius 3 is 2.32 bits per heavy atom. The molecule has 1 unspecified atom stereocenters. The van der Waals surface area contributed by atoms with Crippen molar-refractivity contribution in [2.24, 2.45) is 0 Å². The van der Waals surface area contributed by atoms with E-state index in [4.69, 9.17) is 4.74 Å². The Balaban J connectivity index is 1.93. The predicted octanol–water partition coefficient (Wildman–Crippen LogP) is 5.22. The number of ether oxygens (including phenoxy) is 1. The number of methoxy groups -OCH3 is 1. The number of nitrogens with zero attached hydrogens (tertiary/aromatic N) is 1. The first-order chi connectivity index (χ1) is 14.9. The van der Waals surface area contributed by atoms with Crippen LogP contribution in [0, 0.1) is 5.82 Å². The first-order valence-corrected chi connectivity index (χ1v) is 10.2. The van der Waals surface area contributed by atoms with Crippen LogP contribution in [0.25, 0.3) is 5.76 Å². The molecule has 31 heavy (non-hydrogen) atoms. The van der Waals surface area contributed by atoms with Gasteiger partial charge in [-0.1, -0.05) is 30.3 Å². The summed E-state index contributed by atoms with van der Waals surface area (Å²) in [4.78, 5) is 27.4. The second-order valence-corrected chi connectivity index (χ2v) is 7.76. The van der Waals surface area contributed by atoms with Crippen LogP contribution in [0.2, 0.25) is 0 Å². The van der Waals surface area contributed by atoms with Gasteiger partial charge in [0.15, 0.2) is 0 Å². The molecular weight excluding hydrogens is 465 g/mol. The van der Waals surface area contributed by atoms with Crippen molar-refractivity contribution in [3.8, 4) is 5.75 Å². The van der Waals surface area contributed by atoms with Crippen LogP contribution < -0.4 is 9.64 Å². The number of rotatable bonds is 4. The zero-order valence-electron chi connectivity index (χ0n) is 16.4. The van der Waals surface area contributed by atoms with Gasteiger partial charge in [-0.3, -0.25) is 14.5 Å². The van der Waals surface area contributed by atoms with Crippen molar-refractivity contribution < 1.29 is 23.8 Å². The summed E-state index contributed by atoms with van der Waals surface area (Å²) < 4.78 is 19.3. The third-order valence-corrected chi connectivity index (χ3v) is 5.71. The molecule has 1 fully saturated rings. The molecule has 4 rings (SSSR count). The molecule has 3 aromatic carbocycles. The highest BCUT2D eigenvalue weighted by atomic mass is 79.9. The van der Waals surface area contributed by atoms with Crippen LogP contribution in [-0.2, 0) is 9.59 Å². The molecule has 0 spiro atoms. The summed E-state index contributed by atoms with van der Waals surface area (Å²) in [5.41, 5.74) is 1.26. The van der Waals surface area contributed by atoms with Crippen LogP contribution in [0.15, 0.2) is 82.8 Å². The average Bonchev–Trinajstić information content (AvgIpc) is 3.05. The van der Waals surface area contributed by atoms with E-state index < -0.39 is 23.5 Å². The number of aliphatic hydroxyl groups excluding tert-OH is 1. The molecule has 1 atom stereocenters. The number of ketones is 1. The Labute approximate surface area is 186 Å².